The van der Waals surface area contributed by atoms with E-state index < -0.39 is 34.9 Å². The highest BCUT2D eigenvalue weighted by Gasteiger charge is 2.24. The molecule has 1 aromatic rings. The van der Waals surface area contributed by atoms with Crippen molar-refractivity contribution >= 4 is 23.1 Å². The third-order valence-corrected chi connectivity index (χ3v) is 2.92. The molecule has 0 heterocycles. The molecule has 2 atom stereocenters. The first-order valence-corrected chi connectivity index (χ1v) is 6.93. The molecule has 1 aromatic carbocycles. The lowest BCUT2D eigenvalue weighted by atomic mass is 10.2. The van der Waals surface area contributed by atoms with Gasteiger partial charge in [0.25, 0.3) is 0 Å². The van der Waals surface area contributed by atoms with Crippen LogP contribution in [0.15, 0.2) is 30.3 Å². The van der Waals surface area contributed by atoms with Gasteiger partial charge < -0.3 is 19.3 Å². The molecule has 1 amide bonds. The second kappa shape index (κ2) is 8.28. The van der Waals surface area contributed by atoms with Crippen LogP contribution in [0.5, 0.6) is 0 Å². The van der Waals surface area contributed by atoms with Gasteiger partial charge in [0.1, 0.15) is 12.6 Å². The quantitative estimate of drug-likeness (QED) is 0.591. The molecule has 0 radical (unpaired) electrons. The number of hydrogen-bond donors (Lipinski definition) is 2. The Balaban J connectivity index is 2.49. The highest BCUT2D eigenvalue weighted by molar-refractivity contribution is 7.79. The summed E-state index contributed by atoms with van der Waals surface area (Å²) in [5.74, 6) is -1.28. The second-order valence-corrected chi connectivity index (χ2v) is 4.75. The molecule has 7 nitrogen and oxygen atoms in total. The van der Waals surface area contributed by atoms with E-state index in [-0.39, 0.29) is 6.61 Å². The van der Waals surface area contributed by atoms with Crippen molar-refractivity contribution in [1.29, 1.82) is 0 Å². The minimum absolute atomic E-state index is 0.0305. The van der Waals surface area contributed by atoms with Crippen LogP contribution in [0, 0.1) is 0 Å². The van der Waals surface area contributed by atoms with Crippen LogP contribution in [0.1, 0.15) is 5.56 Å². The minimum Gasteiger partial charge on any atom is -0.467 e. The topological polar surface area (TPSA) is 102 Å². The average molecular weight is 301 g/mol. The van der Waals surface area contributed by atoms with Crippen LogP contribution >= 0.6 is 0 Å². The number of benzene rings is 1. The Labute approximate surface area is 118 Å². The lowest BCUT2D eigenvalue weighted by Crippen LogP contribution is -2.45. The van der Waals surface area contributed by atoms with E-state index in [1.165, 1.54) is 0 Å². The van der Waals surface area contributed by atoms with Crippen molar-refractivity contribution in [2.45, 2.75) is 12.6 Å². The van der Waals surface area contributed by atoms with Crippen molar-refractivity contribution in [2.24, 2.45) is 0 Å². The normalized spacial score (nSPS) is 13.1. The number of esters is 1. The highest BCUT2D eigenvalue weighted by Crippen LogP contribution is 2.01. The van der Waals surface area contributed by atoms with Crippen molar-refractivity contribution in [3.05, 3.63) is 35.9 Å². The van der Waals surface area contributed by atoms with Gasteiger partial charge in [0.15, 0.2) is 11.1 Å². The molecule has 20 heavy (non-hydrogen) atoms. The molecule has 0 spiro atoms. The van der Waals surface area contributed by atoms with E-state index in [9.17, 15) is 13.8 Å². The molecule has 0 saturated heterocycles. The number of amides is 1. The number of hydrogen-bond acceptors (Lipinski definition) is 5. The smallest absolute Gasteiger partial charge is 0.408 e. The van der Waals surface area contributed by atoms with E-state index >= 15 is 0 Å². The number of ether oxygens (including phenoxy) is 2. The number of rotatable bonds is 6. The Kier molecular flexibility index (Phi) is 6.68. The van der Waals surface area contributed by atoms with Crippen molar-refractivity contribution < 1.29 is 27.8 Å². The van der Waals surface area contributed by atoms with E-state index in [4.69, 9.17) is 9.29 Å². The van der Waals surface area contributed by atoms with Gasteiger partial charge in [0.05, 0.1) is 12.9 Å². The second-order valence-electron chi connectivity index (χ2n) is 3.77. The van der Waals surface area contributed by atoms with Crippen LogP contribution in [0.25, 0.3) is 0 Å². The summed E-state index contributed by atoms with van der Waals surface area (Å²) in [6.45, 7) is 0.0305. The zero-order valence-corrected chi connectivity index (χ0v) is 11.6. The van der Waals surface area contributed by atoms with Crippen LogP contribution in [0.4, 0.5) is 4.79 Å². The van der Waals surface area contributed by atoms with Crippen LogP contribution in [-0.4, -0.2) is 39.7 Å². The fraction of sp³-hybridized carbons (Fsp3) is 0.333. The van der Waals surface area contributed by atoms with Gasteiger partial charge in [-0.1, -0.05) is 30.3 Å². The summed E-state index contributed by atoms with van der Waals surface area (Å²) in [7, 11) is 1.12. The number of methoxy groups -OCH3 is 1. The number of carbonyl (C=O) groups is 2. The molecule has 0 aromatic heterocycles. The van der Waals surface area contributed by atoms with Gasteiger partial charge in [-0.2, -0.15) is 0 Å². The average Bonchev–Trinajstić information content (AvgIpc) is 2.44. The maximum absolute atomic E-state index is 11.5. The Hall–Kier alpha value is -1.93. The summed E-state index contributed by atoms with van der Waals surface area (Å²) in [5.41, 5.74) is 0.781. The fourth-order valence-electron chi connectivity index (χ4n) is 1.36. The van der Waals surface area contributed by atoms with Crippen molar-refractivity contribution in [3.63, 3.8) is 0 Å². The zero-order chi connectivity index (χ0) is 15.0. The first kappa shape index (κ1) is 16.1. The summed E-state index contributed by atoms with van der Waals surface area (Å²) in [4.78, 5) is 22.8. The summed E-state index contributed by atoms with van der Waals surface area (Å²) in [6, 6.07) is 7.73. The monoisotopic (exact) mass is 301 g/mol. The van der Waals surface area contributed by atoms with E-state index in [0.717, 1.165) is 12.7 Å². The minimum atomic E-state index is -2.25. The summed E-state index contributed by atoms with van der Waals surface area (Å²) >= 11 is -2.25. The summed E-state index contributed by atoms with van der Waals surface area (Å²) < 4.78 is 28.8. The largest absolute Gasteiger partial charge is 0.467 e. The first-order valence-electron chi connectivity index (χ1n) is 5.65. The number of carbonyl (C=O) groups excluding carboxylic acids is 2. The molecule has 0 aliphatic heterocycles. The first-order chi connectivity index (χ1) is 9.52. The standard InChI is InChI=1S/C12H15NO6S/c1-18-11(14)10(8-20(16)17)13-12(15)19-7-9-5-3-2-4-6-9/h2-6,10H,7-8H2,1H3,(H,13,15)(H,16,17)/t10-/m0/s1. The maximum atomic E-state index is 11.5. The summed E-state index contributed by atoms with van der Waals surface area (Å²) in [5, 5.41) is 2.18. The predicted octanol–water partition coefficient (Wildman–Crippen LogP) is 0.676. The maximum Gasteiger partial charge on any atom is 0.408 e. The van der Waals surface area contributed by atoms with Crippen LogP contribution in [0.3, 0.4) is 0 Å². The van der Waals surface area contributed by atoms with Crippen LogP contribution in [0.2, 0.25) is 0 Å². The molecule has 1 unspecified atom stereocenters. The summed E-state index contributed by atoms with van der Waals surface area (Å²) in [6.07, 6.45) is -0.866. The zero-order valence-electron chi connectivity index (χ0n) is 10.8. The van der Waals surface area contributed by atoms with E-state index in [0.29, 0.717) is 0 Å². The van der Waals surface area contributed by atoms with Gasteiger partial charge in [0, 0.05) is 0 Å². The van der Waals surface area contributed by atoms with E-state index in [2.05, 4.69) is 10.1 Å². The Morgan fingerprint density at radius 3 is 2.55 bits per heavy atom. The lowest BCUT2D eigenvalue weighted by molar-refractivity contribution is -0.142. The SMILES string of the molecule is COC(=O)[C@H](CS(=O)O)NC(=O)OCc1ccccc1. The molecule has 0 saturated carbocycles. The van der Waals surface area contributed by atoms with Gasteiger partial charge in [-0.15, -0.1) is 0 Å². The molecule has 8 heteroatoms. The van der Waals surface area contributed by atoms with Gasteiger partial charge in [-0.3, -0.25) is 0 Å². The molecule has 0 bridgehead atoms. The molecular weight excluding hydrogens is 286 g/mol. The van der Waals surface area contributed by atoms with Crippen molar-refractivity contribution in [2.75, 3.05) is 12.9 Å². The third-order valence-electron chi connectivity index (χ3n) is 2.30. The lowest BCUT2D eigenvalue weighted by Gasteiger charge is -2.14. The van der Waals surface area contributed by atoms with Gasteiger partial charge in [-0.05, 0) is 5.56 Å². The Morgan fingerprint density at radius 1 is 1.35 bits per heavy atom. The van der Waals surface area contributed by atoms with Gasteiger partial charge in [0.2, 0.25) is 0 Å². The Morgan fingerprint density at radius 2 is 2.00 bits per heavy atom. The molecule has 0 fully saturated rings. The molecular formula is C12H15NO6S. The predicted molar refractivity (Wildman–Crippen MR) is 71.2 cm³/mol. The van der Waals surface area contributed by atoms with E-state index in [1.54, 1.807) is 24.3 Å². The molecule has 110 valence electrons. The van der Waals surface area contributed by atoms with Gasteiger partial charge >= 0.3 is 12.1 Å². The Bertz CT molecular complexity index is 478. The molecule has 0 aliphatic rings. The number of alkyl carbamates (subject to hydrolysis) is 1. The van der Waals surface area contributed by atoms with Crippen molar-refractivity contribution in [1.82, 2.24) is 5.32 Å². The highest BCUT2D eigenvalue weighted by atomic mass is 32.2. The molecule has 2 N–H and O–H groups in total. The third kappa shape index (κ3) is 5.81. The van der Waals surface area contributed by atoms with Gasteiger partial charge in [-0.25, -0.2) is 13.8 Å². The van der Waals surface area contributed by atoms with Crippen LogP contribution in [-0.2, 0) is 32.0 Å². The molecule has 0 aliphatic carbocycles. The molecule has 1 rings (SSSR count). The van der Waals surface area contributed by atoms with E-state index in [1.807, 2.05) is 6.07 Å². The van der Waals surface area contributed by atoms with Crippen molar-refractivity contribution in [3.8, 4) is 0 Å². The van der Waals surface area contributed by atoms with Crippen LogP contribution < -0.4 is 5.32 Å². The number of nitrogens with one attached hydrogen (secondary N) is 1. The fourth-order valence-corrected chi connectivity index (χ4v) is 1.87.